The summed E-state index contributed by atoms with van der Waals surface area (Å²) in [6, 6.07) is 9.57. The lowest BCUT2D eigenvalue weighted by molar-refractivity contribution is -0.00693. The highest BCUT2D eigenvalue weighted by Crippen LogP contribution is 2.31. The van der Waals surface area contributed by atoms with E-state index < -0.39 is 11.7 Å². The van der Waals surface area contributed by atoms with Gasteiger partial charge in [0, 0.05) is 6.54 Å². The van der Waals surface area contributed by atoms with Crippen LogP contribution < -0.4 is 5.32 Å². The molecule has 2 rings (SSSR count). The van der Waals surface area contributed by atoms with Gasteiger partial charge in [-0.1, -0.05) is 56.0 Å². The van der Waals surface area contributed by atoms with E-state index in [0.29, 0.717) is 0 Å². The van der Waals surface area contributed by atoms with Gasteiger partial charge in [-0.05, 0) is 31.2 Å². The van der Waals surface area contributed by atoms with Gasteiger partial charge in [0.15, 0.2) is 0 Å². The summed E-state index contributed by atoms with van der Waals surface area (Å²) in [5, 5.41) is 13.3. The molecule has 1 saturated carbocycles. The lowest BCUT2D eigenvalue weighted by Crippen LogP contribution is -2.46. The first-order valence-corrected chi connectivity index (χ1v) is 8.25. The fourth-order valence-corrected chi connectivity index (χ4v) is 3.07. The number of aliphatic hydroxyl groups is 1. The third-order valence-electron chi connectivity index (χ3n) is 4.54. The second kappa shape index (κ2) is 8.18. The van der Waals surface area contributed by atoms with E-state index in [1.165, 1.54) is 25.7 Å². The van der Waals surface area contributed by atoms with Crippen LogP contribution in [-0.2, 0) is 11.3 Å². The van der Waals surface area contributed by atoms with Crippen LogP contribution in [0.15, 0.2) is 30.3 Å². The average molecular weight is 305 g/mol. The lowest BCUT2D eigenvalue weighted by atomic mass is 9.83. The number of carbonyl (C=O) groups is 1. The minimum Gasteiger partial charge on any atom is -0.445 e. The maximum Gasteiger partial charge on any atom is 0.407 e. The Bertz CT molecular complexity index is 451. The molecule has 1 aromatic rings. The summed E-state index contributed by atoms with van der Waals surface area (Å²) < 4.78 is 5.17. The summed E-state index contributed by atoms with van der Waals surface area (Å²) in [5.41, 5.74) is 0.0870. The van der Waals surface area contributed by atoms with Crippen LogP contribution in [0.5, 0.6) is 0 Å². The topological polar surface area (TPSA) is 58.6 Å². The predicted molar refractivity (Wildman–Crippen MR) is 86.4 cm³/mol. The van der Waals surface area contributed by atoms with E-state index in [9.17, 15) is 9.90 Å². The number of carbonyl (C=O) groups excluding carboxylic acids is 1. The van der Waals surface area contributed by atoms with Gasteiger partial charge in [0.1, 0.15) is 6.61 Å². The minimum atomic E-state index is -0.865. The number of hydrogen-bond donors (Lipinski definition) is 2. The van der Waals surface area contributed by atoms with Crippen molar-refractivity contribution >= 4 is 6.09 Å². The summed E-state index contributed by atoms with van der Waals surface area (Å²) in [4.78, 5) is 11.8. The Kier molecular flexibility index (Phi) is 6.25. The largest absolute Gasteiger partial charge is 0.445 e. The molecule has 2 N–H and O–H groups in total. The first-order valence-electron chi connectivity index (χ1n) is 8.25. The zero-order valence-electron chi connectivity index (χ0n) is 13.4. The smallest absolute Gasteiger partial charge is 0.407 e. The van der Waals surface area contributed by atoms with Crippen LogP contribution >= 0.6 is 0 Å². The highest BCUT2D eigenvalue weighted by molar-refractivity contribution is 5.67. The Morgan fingerprint density at radius 2 is 1.86 bits per heavy atom. The first-order chi connectivity index (χ1) is 10.6. The van der Waals surface area contributed by atoms with E-state index in [1.54, 1.807) is 0 Å². The highest BCUT2D eigenvalue weighted by Gasteiger charge is 2.32. The molecule has 1 amide bonds. The molecular weight excluding hydrogens is 278 g/mol. The number of benzene rings is 1. The summed E-state index contributed by atoms with van der Waals surface area (Å²) in [7, 11) is 0. The molecule has 122 valence electrons. The molecule has 4 nitrogen and oxygen atoms in total. The van der Waals surface area contributed by atoms with Gasteiger partial charge in [0.05, 0.1) is 5.60 Å². The van der Waals surface area contributed by atoms with E-state index in [4.69, 9.17) is 4.74 Å². The Balaban J connectivity index is 1.74. The molecule has 1 aromatic carbocycles. The lowest BCUT2D eigenvalue weighted by Gasteiger charge is -2.32. The van der Waals surface area contributed by atoms with Crippen LogP contribution in [0.3, 0.4) is 0 Å². The summed E-state index contributed by atoms with van der Waals surface area (Å²) >= 11 is 0. The van der Waals surface area contributed by atoms with Gasteiger partial charge >= 0.3 is 6.09 Å². The van der Waals surface area contributed by atoms with E-state index in [-0.39, 0.29) is 19.1 Å². The average Bonchev–Trinajstić information content (AvgIpc) is 2.82. The molecule has 0 aromatic heterocycles. The number of rotatable bonds is 5. The Labute approximate surface area is 132 Å². The van der Waals surface area contributed by atoms with Gasteiger partial charge in [-0.25, -0.2) is 4.79 Å². The Morgan fingerprint density at radius 3 is 2.50 bits per heavy atom. The van der Waals surface area contributed by atoms with E-state index >= 15 is 0 Å². The summed E-state index contributed by atoms with van der Waals surface area (Å²) in [6.07, 6.45) is 6.43. The van der Waals surface area contributed by atoms with Gasteiger partial charge in [-0.15, -0.1) is 0 Å². The molecule has 1 unspecified atom stereocenters. The normalized spacial score (nSPS) is 19.0. The van der Waals surface area contributed by atoms with Gasteiger partial charge < -0.3 is 15.2 Å². The van der Waals surface area contributed by atoms with Crippen molar-refractivity contribution in [3.63, 3.8) is 0 Å². The van der Waals surface area contributed by atoms with E-state index in [2.05, 4.69) is 5.32 Å². The molecule has 1 fully saturated rings. The monoisotopic (exact) mass is 305 g/mol. The summed E-state index contributed by atoms with van der Waals surface area (Å²) in [6.45, 7) is 2.31. The second-order valence-electron chi connectivity index (χ2n) is 6.46. The summed E-state index contributed by atoms with van der Waals surface area (Å²) in [5.74, 6) is 0.254. The number of amides is 1. The maximum atomic E-state index is 11.8. The van der Waals surface area contributed by atoms with Crippen molar-refractivity contribution in [3.8, 4) is 0 Å². The third kappa shape index (κ3) is 5.34. The minimum absolute atomic E-state index is 0.241. The van der Waals surface area contributed by atoms with Crippen molar-refractivity contribution in [2.45, 2.75) is 57.7 Å². The SMILES string of the molecule is CC(O)(CNC(=O)OCc1ccccc1)C1CCCCCC1. The van der Waals surface area contributed by atoms with Crippen molar-refractivity contribution in [1.29, 1.82) is 0 Å². The Hall–Kier alpha value is -1.55. The van der Waals surface area contributed by atoms with E-state index in [1.807, 2.05) is 37.3 Å². The molecule has 1 atom stereocenters. The van der Waals surface area contributed by atoms with Gasteiger partial charge in [0.25, 0.3) is 0 Å². The molecule has 4 heteroatoms. The zero-order valence-corrected chi connectivity index (χ0v) is 13.4. The van der Waals surface area contributed by atoms with Gasteiger partial charge in [-0.2, -0.15) is 0 Å². The van der Waals surface area contributed by atoms with Gasteiger partial charge in [0.2, 0.25) is 0 Å². The van der Waals surface area contributed by atoms with Crippen LogP contribution in [0.2, 0.25) is 0 Å². The maximum absolute atomic E-state index is 11.8. The zero-order chi connectivity index (χ0) is 15.8. The van der Waals surface area contributed by atoms with Crippen LogP contribution in [0.4, 0.5) is 4.79 Å². The quantitative estimate of drug-likeness (QED) is 0.817. The third-order valence-corrected chi connectivity index (χ3v) is 4.54. The number of ether oxygens (including phenoxy) is 1. The predicted octanol–water partition coefficient (Wildman–Crippen LogP) is 3.63. The van der Waals surface area contributed by atoms with Crippen LogP contribution in [0, 0.1) is 5.92 Å². The molecule has 1 aliphatic rings. The number of nitrogens with one attached hydrogen (secondary N) is 1. The van der Waals surface area contributed by atoms with Crippen LogP contribution in [-0.4, -0.2) is 23.3 Å². The fraction of sp³-hybridized carbons (Fsp3) is 0.611. The molecular formula is C18H27NO3. The number of hydrogen-bond acceptors (Lipinski definition) is 3. The molecule has 0 heterocycles. The van der Waals surface area contributed by atoms with E-state index in [0.717, 1.165) is 18.4 Å². The first kappa shape index (κ1) is 16.8. The molecule has 0 bridgehead atoms. The van der Waals surface area contributed by atoms with Crippen LogP contribution in [0.25, 0.3) is 0 Å². The standard InChI is InChI=1S/C18H27NO3/c1-18(21,16-11-7-2-3-8-12-16)14-19-17(20)22-13-15-9-5-4-6-10-15/h4-6,9-10,16,21H,2-3,7-8,11-14H2,1H3,(H,19,20). The Morgan fingerprint density at radius 1 is 1.23 bits per heavy atom. The van der Waals surface area contributed by atoms with Crippen molar-refractivity contribution in [2.24, 2.45) is 5.92 Å². The highest BCUT2D eigenvalue weighted by atomic mass is 16.5. The molecule has 22 heavy (non-hydrogen) atoms. The molecule has 1 aliphatic carbocycles. The molecule has 0 aliphatic heterocycles. The van der Waals surface area contributed by atoms with Gasteiger partial charge in [-0.3, -0.25) is 0 Å². The van der Waals surface area contributed by atoms with Crippen molar-refractivity contribution < 1.29 is 14.6 Å². The van der Waals surface area contributed by atoms with Crippen LogP contribution in [0.1, 0.15) is 51.0 Å². The molecule has 0 saturated heterocycles. The second-order valence-corrected chi connectivity index (χ2v) is 6.46. The fourth-order valence-electron chi connectivity index (χ4n) is 3.07. The number of alkyl carbamates (subject to hydrolysis) is 1. The van der Waals surface area contributed by atoms with Crippen molar-refractivity contribution in [1.82, 2.24) is 5.32 Å². The van der Waals surface area contributed by atoms with Crippen molar-refractivity contribution in [2.75, 3.05) is 6.54 Å². The molecule has 0 radical (unpaired) electrons. The molecule has 0 spiro atoms. The van der Waals surface area contributed by atoms with Crippen molar-refractivity contribution in [3.05, 3.63) is 35.9 Å².